The number of halogens is 4. The first kappa shape index (κ1) is 12.9. The van der Waals surface area contributed by atoms with Crippen molar-refractivity contribution in [3.05, 3.63) is 29.6 Å². The topological polar surface area (TPSA) is 46.2 Å². The van der Waals surface area contributed by atoms with E-state index in [1.54, 1.807) is 4.72 Å². The van der Waals surface area contributed by atoms with E-state index < -0.39 is 32.5 Å². The van der Waals surface area contributed by atoms with Crippen molar-refractivity contribution < 1.29 is 26.0 Å². The van der Waals surface area contributed by atoms with Crippen molar-refractivity contribution in [2.24, 2.45) is 0 Å². The van der Waals surface area contributed by atoms with Crippen LogP contribution in [0.2, 0.25) is 0 Å². The quantitative estimate of drug-likeness (QED) is 0.820. The van der Waals surface area contributed by atoms with Crippen LogP contribution >= 0.6 is 0 Å². The van der Waals surface area contributed by atoms with E-state index in [0.29, 0.717) is 12.1 Å². The van der Waals surface area contributed by atoms with E-state index in [9.17, 15) is 26.0 Å². The Balaban J connectivity index is 3.41. The van der Waals surface area contributed by atoms with Gasteiger partial charge in [-0.2, -0.15) is 13.2 Å². The lowest BCUT2D eigenvalue weighted by Gasteiger charge is -2.09. The average Bonchev–Trinajstić information content (AvgIpc) is 2.15. The third-order valence-electron chi connectivity index (χ3n) is 1.78. The predicted molar refractivity (Wildman–Crippen MR) is 47.6 cm³/mol. The second-order valence-corrected chi connectivity index (χ2v) is 4.77. The fourth-order valence-electron chi connectivity index (χ4n) is 0.999. The zero-order chi connectivity index (χ0) is 12.6. The van der Waals surface area contributed by atoms with Crippen molar-refractivity contribution in [3.63, 3.8) is 0 Å². The molecule has 1 aromatic carbocycles. The lowest BCUT2D eigenvalue weighted by molar-refractivity contribution is -0.137. The van der Waals surface area contributed by atoms with Gasteiger partial charge in [-0.3, -0.25) is 0 Å². The molecular weight excluding hydrogens is 250 g/mol. The van der Waals surface area contributed by atoms with Crippen molar-refractivity contribution in [3.8, 4) is 0 Å². The SMILES string of the molecule is CNS(=O)(=O)c1cc(F)cc(C(F)(F)F)c1. The highest BCUT2D eigenvalue weighted by molar-refractivity contribution is 7.89. The maximum absolute atomic E-state index is 12.8. The first-order valence-corrected chi connectivity index (χ1v) is 5.46. The third kappa shape index (κ3) is 2.70. The average molecular weight is 257 g/mol. The zero-order valence-corrected chi connectivity index (χ0v) is 8.79. The molecule has 0 amide bonds. The van der Waals surface area contributed by atoms with Crippen LogP contribution < -0.4 is 4.72 Å². The van der Waals surface area contributed by atoms with E-state index >= 15 is 0 Å². The monoisotopic (exact) mass is 257 g/mol. The first-order valence-electron chi connectivity index (χ1n) is 3.98. The number of sulfonamides is 1. The molecule has 0 aromatic heterocycles. The minimum absolute atomic E-state index is 0.231. The van der Waals surface area contributed by atoms with Crippen LogP contribution in [-0.2, 0) is 16.2 Å². The molecule has 0 aliphatic rings. The van der Waals surface area contributed by atoms with Crippen LogP contribution in [0.4, 0.5) is 17.6 Å². The Morgan fingerprint density at radius 1 is 1.19 bits per heavy atom. The van der Waals surface area contributed by atoms with Crippen LogP contribution in [-0.4, -0.2) is 15.5 Å². The van der Waals surface area contributed by atoms with Crippen LogP contribution in [0.5, 0.6) is 0 Å². The van der Waals surface area contributed by atoms with Gasteiger partial charge in [-0.05, 0) is 25.2 Å². The van der Waals surface area contributed by atoms with Gasteiger partial charge in [0.15, 0.2) is 0 Å². The summed E-state index contributed by atoms with van der Waals surface area (Å²) in [4.78, 5) is -0.762. The van der Waals surface area contributed by atoms with Crippen molar-refractivity contribution in [1.82, 2.24) is 4.72 Å². The van der Waals surface area contributed by atoms with E-state index in [-0.39, 0.29) is 6.07 Å². The fourth-order valence-corrected chi connectivity index (χ4v) is 1.78. The summed E-state index contributed by atoms with van der Waals surface area (Å²) >= 11 is 0. The predicted octanol–water partition coefficient (Wildman–Crippen LogP) is 1.75. The van der Waals surface area contributed by atoms with Gasteiger partial charge in [0, 0.05) is 0 Å². The lowest BCUT2D eigenvalue weighted by Crippen LogP contribution is -2.19. The molecule has 1 aromatic rings. The highest BCUT2D eigenvalue weighted by Crippen LogP contribution is 2.31. The summed E-state index contributed by atoms with van der Waals surface area (Å²) in [7, 11) is -3.07. The van der Waals surface area contributed by atoms with Crippen molar-refractivity contribution >= 4 is 10.0 Å². The van der Waals surface area contributed by atoms with Gasteiger partial charge >= 0.3 is 6.18 Å². The Labute approximate surface area is 89.1 Å². The molecule has 1 N–H and O–H groups in total. The molecule has 0 radical (unpaired) electrons. The third-order valence-corrected chi connectivity index (χ3v) is 3.17. The van der Waals surface area contributed by atoms with E-state index in [2.05, 4.69) is 0 Å². The second kappa shape index (κ2) is 4.02. The smallest absolute Gasteiger partial charge is 0.214 e. The van der Waals surface area contributed by atoms with Gasteiger partial charge in [0.1, 0.15) is 5.82 Å². The zero-order valence-electron chi connectivity index (χ0n) is 7.97. The number of nitrogens with one attached hydrogen (secondary N) is 1. The largest absolute Gasteiger partial charge is 0.416 e. The Morgan fingerprint density at radius 2 is 1.75 bits per heavy atom. The highest BCUT2D eigenvalue weighted by Gasteiger charge is 2.32. The van der Waals surface area contributed by atoms with Gasteiger partial charge < -0.3 is 0 Å². The van der Waals surface area contributed by atoms with Gasteiger partial charge in [0.25, 0.3) is 0 Å². The molecule has 1 rings (SSSR count). The molecule has 0 aliphatic heterocycles. The molecule has 0 spiro atoms. The molecule has 3 nitrogen and oxygen atoms in total. The minimum atomic E-state index is -4.79. The number of alkyl halides is 3. The summed E-state index contributed by atoms with van der Waals surface area (Å²) in [5, 5.41) is 0. The maximum atomic E-state index is 12.8. The van der Waals surface area contributed by atoms with Crippen LogP contribution in [0, 0.1) is 5.82 Å². The molecular formula is C8H7F4NO2S. The standard InChI is InChI=1S/C8H7F4NO2S/c1-13-16(14,15)7-3-5(8(10,11)12)2-6(9)4-7/h2-4,13H,1H3. The molecule has 16 heavy (non-hydrogen) atoms. The maximum Gasteiger partial charge on any atom is 0.416 e. The van der Waals surface area contributed by atoms with E-state index in [0.717, 1.165) is 7.05 Å². The second-order valence-electron chi connectivity index (χ2n) is 2.88. The highest BCUT2D eigenvalue weighted by atomic mass is 32.2. The molecule has 0 atom stereocenters. The summed E-state index contributed by atoms with van der Waals surface area (Å²) in [6, 6.07) is 1.12. The van der Waals surface area contributed by atoms with Gasteiger partial charge in [-0.25, -0.2) is 17.5 Å². The van der Waals surface area contributed by atoms with Gasteiger partial charge in [0.2, 0.25) is 10.0 Å². The Hall–Kier alpha value is -1.15. The molecule has 8 heteroatoms. The molecule has 0 heterocycles. The van der Waals surface area contributed by atoms with E-state index in [1.165, 1.54) is 0 Å². The lowest BCUT2D eigenvalue weighted by atomic mass is 10.2. The summed E-state index contributed by atoms with van der Waals surface area (Å²) in [5.74, 6) is -1.26. The summed E-state index contributed by atoms with van der Waals surface area (Å²) in [5.41, 5.74) is -1.35. The Kier molecular flexibility index (Phi) is 3.25. The molecule has 0 unspecified atom stereocenters. The molecule has 0 bridgehead atoms. The molecule has 90 valence electrons. The van der Waals surface area contributed by atoms with Gasteiger partial charge in [-0.1, -0.05) is 0 Å². The van der Waals surface area contributed by atoms with E-state index in [4.69, 9.17) is 0 Å². The minimum Gasteiger partial charge on any atom is -0.214 e. The summed E-state index contributed by atoms with van der Waals surface area (Å²) in [6.07, 6.45) is -4.79. The molecule has 0 aliphatic carbocycles. The van der Waals surface area contributed by atoms with Gasteiger partial charge in [0.05, 0.1) is 10.5 Å². The van der Waals surface area contributed by atoms with Gasteiger partial charge in [-0.15, -0.1) is 0 Å². The number of hydrogen-bond acceptors (Lipinski definition) is 2. The summed E-state index contributed by atoms with van der Waals surface area (Å²) in [6.45, 7) is 0. The normalized spacial score (nSPS) is 12.8. The summed E-state index contributed by atoms with van der Waals surface area (Å²) < 4.78 is 73.8. The van der Waals surface area contributed by atoms with Crippen LogP contribution in [0.1, 0.15) is 5.56 Å². The van der Waals surface area contributed by atoms with Crippen molar-refractivity contribution in [2.75, 3.05) is 7.05 Å². The number of benzene rings is 1. The first-order chi connectivity index (χ1) is 7.16. The van der Waals surface area contributed by atoms with Crippen molar-refractivity contribution in [1.29, 1.82) is 0 Å². The van der Waals surface area contributed by atoms with Crippen LogP contribution in [0.25, 0.3) is 0 Å². The fraction of sp³-hybridized carbons (Fsp3) is 0.250. The number of rotatable bonds is 2. The van der Waals surface area contributed by atoms with Crippen LogP contribution in [0.15, 0.2) is 23.1 Å². The van der Waals surface area contributed by atoms with Crippen LogP contribution in [0.3, 0.4) is 0 Å². The Morgan fingerprint density at radius 3 is 2.19 bits per heavy atom. The number of hydrogen-bond donors (Lipinski definition) is 1. The van der Waals surface area contributed by atoms with E-state index in [1.807, 2.05) is 0 Å². The Bertz CT molecular complexity index is 495. The van der Waals surface area contributed by atoms with Crippen molar-refractivity contribution in [2.45, 2.75) is 11.1 Å². The molecule has 0 saturated heterocycles. The molecule has 0 saturated carbocycles. The molecule has 0 fully saturated rings.